The van der Waals surface area contributed by atoms with Crippen LogP contribution in [0.25, 0.3) is 0 Å². The maximum Gasteiger partial charge on any atom is 0.191 e. The van der Waals surface area contributed by atoms with Crippen molar-refractivity contribution in [2.45, 2.75) is 52.0 Å². The summed E-state index contributed by atoms with van der Waals surface area (Å²) in [5, 5.41) is 6.77. The molecule has 0 aromatic carbocycles. The van der Waals surface area contributed by atoms with E-state index >= 15 is 0 Å². The molecule has 0 fully saturated rings. The standard InChI is InChI=1S/C16H32N4.HI/c1-14(2)20(4)13-12-19-16(17-3)18-11-10-15-8-6-5-7-9-15;/h8,14H,5-7,9-13H2,1-4H3,(H2,17,18,19);1H. The maximum absolute atomic E-state index is 4.27. The van der Waals surface area contributed by atoms with Gasteiger partial charge in [-0.05, 0) is 53.0 Å². The summed E-state index contributed by atoms with van der Waals surface area (Å²) < 4.78 is 0. The van der Waals surface area contributed by atoms with Gasteiger partial charge < -0.3 is 15.5 Å². The van der Waals surface area contributed by atoms with Crippen LogP contribution in [-0.2, 0) is 0 Å². The second-order valence-corrected chi connectivity index (χ2v) is 5.86. The zero-order chi connectivity index (χ0) is 14.8. The number of rotatable bonds is 7. The Morgan fingerprint density at radius 2 is 2.00 bits per heavy atom. The minimum atomic E-state index is 0. The molecule has 0 aromatic heterocycles. The predicted molar refractivity (Wildman–Crippen MR) is 104 cm³/mol. The molecule has 5 heteroatoms. The van der Waals surface area contributed by atoms with Crippen LogP contribution < -0.4 is 10.6 Å². The fourth-order valence-corrected chi connectivity index (χ4v) is 2.30. The number of hydrogen-bond acceptors (Lipinski definition) is 2. The average Bonchev–Trinajstić information content (AvgIpc) is 2.46. The highest BCUT2D eigenvalue weighted by Gasteiger charge is 2.05. The molecular formula is C16H33IN4. The lowest BCUT2D eigenvalue weighted by molar-refractivity contribution is 0.278. The molecule has 0 saturated heterocycles. The minimum Gasteiger partial charge on any atom is -0.356 e. The number of halogens is 1. The van der Waals surface area contributed by atoms with Crippen LogP contribution in [0.5, 0.6) is 0 Å². The van der Waals surface area contributed by atoms with E-state index in [9.17, 15) is 0 Å². The maximum atomic E-state index is 4.27. The summed E-state index contributed by atoms with van der Waals surface area (Å²) in [6, 6.07) is 0.588. The van der Waals surface area contributed by atoms with Gasteiger partial charge in [0, 0.05) is 32.7 Å². The molecule has 0 aromatic rings. The number of likely N-dealkylation sites (N-methyl/N-ethyl adjacent to an activating group) is 1. The van der Waals surface area contributed by atoms with Gasteiger partial charge in [-0.1, -0.05) is 11.6 Å². The van der Waals surface area contributed by atoms with E-state index in [0.717, 1.165) is 32.0 Å². The second kappa shape index (κ2) is 12.3. The third kappa shape index (κ3) is 9.34. The topological polar surface area (TPSA) is 39.7 Å². The van der Waals surface area contributed by atoms with Gasteiger partial charge in [-0.15, -0.1) is 24.0 Å². The number of nitrogens with one attached hydrogen (secondary N) is 2. The van der Waals surface area contributed by atoms with Crippen LogP contribution in [-0.4, -0.2) is 50.6 Å². The Morgan fingerprint density at radius 3 is 2.57 bits per heavy atom. The molecule has 124 valence electrons. The minimum absolute atomic E-state index is 0. The van der Waals surface area contributed by atoms with E-state index in [1.165, 1.54) is 25.7 Å². The second-order valence-electron chi connectivity index (χ2n) is 5.86. The summed E-state index contributed by atoms with van der Waals surface area (Å²) in [4.78, 5) is 6.60. The van der Waals surface area contributed by atoms with E-state index in [2.05, 4.69) is 47.5 Å². The van der Waals surface area contributed by atoms with Crippen molar-refractivity contribution in [2.24, 2.45) is 4.99 Å². The van der Waals surface area contributed by atoms with Gasteiger partial charge in [0.15, 0.2) is 5.96 Å². The normalized spacial score (nSPS) is 15.7. The summed E-state index contributed by atoms with van der Waals surface area (Å²) in [6.45, 7) is 7.36. The van der Waals surface area contributed by atoms with Crippen molar-refractivity contribution in [1.82, 2.24) is 15.5 Å². The first-order chi connectivity index (χ1) is 9.63. The van der Waals surface area contributed by atoms with Crippen LogP contribution in [0.15, 0.2) is 16.6 Å². The van der Waals surface area contributed by atoms with Crippen LogP contribution in [0.4, 0.5) is 0 Å². The third-order valence-electron chi connectivity index (χ3n) is 3.99. The molecule has 0 radical (unpaired) electrons. The van der Waals surface area contributed by atoms with Crippen LogP contribution in [0.1, 0.15) is 46.0 Å². The number of nitrogens with zero attached hydrogens (tertiary/aromatic N) is 2. The van der Waals surface area contributed by atoms with Gasteiger partial charge in [-0.25, -0.2) is 0 Å². The van der Waals surface area contributed by atoms with Crippen molar-refractivity contribution in [2.75, 3.05) is 33.7 Å². The molecule has 1 aliphatic rings. The molecule has 0 heterocycles. The quantitative estimate of drug-likeness (QED) is 0.295. The van der Waals surface area contributed by atoms with Gasteiger partial charge in [-0.3, -0.25) is 4.99 Å². The van der Waals surface area contributed by atoms with Gasteiger partial charge in [0.25, 0.3) is 0 Å². The fourth-order valence-electron chi connectivity index (χ4n) is 2.30. The number of guanidine groups is 1. The number of allylic oxidation sites excluding steroid dienone is 1. The largest absolute Gasteiger partial charge is 0.356 e. The fraction of sp³-hybridized carbons (Fsp3) is 0.812. The lowest BCUT2D eigenvalue weighted by atomic mass is 9.97. The molecule has 0 spiro atoms. The molecule has 0 saturated carbocycles. The summed E-state index contributed by atoms with van der Waals surface area (Å²) in [6.07, 6.45) is 8.84. The molecule has 1 rings (SSSR count). The number of hydrogen-bond donors (Lipinski definition) is 2. The van der Waals surface area contributed by atoms with Gasteiger partial charge in [-0.2, -0.15) is 0 Å². The molecule has 0 bridgehead atoms. The molecular weight excluding hydrogens is 375 g/mol. The first kappa shape index (κ1) is 20.7. The molecule has 1 aliphatic carbocycles. The van der Waals surface area contributed by atoms with Gasteiger partial charge in [0.2, 0.25) is 0 Å². The Balaban J connectivity index is 0.00000400. The number of aliphatic imine (C=N–C) groups is 1. The van der Waals surface area contributed by atoms with Gasteiger partial charge >= 0.3 is 0 Å². The van der Waals surface area contributed by atoms with Crippen LogP contribution >= 0.6 is 24.0 Å². The van der Waals surface area contributed by atoms with Crippen molar-refractivity contribution in [3.05, 3.63) is 11.6 Å². The lowest BCUT2D eigenvalue weighted by Crippen LogP contribution is -2.42. The Morgan fingerprint density at radius 1 is 1.29 bits per heavy atom. The molecule has 0 amide bonds. The highest BCUT2D eigenvalue weighted by Crippen LogP contribution is 2.19. The highest BCUT2D eigenvalue weighted by molar-refractivity contribution is 14.0. The lowest BCUT2D eigenvalue weighted by Gasteiger charge is -2.21. The Labute approximate surface area is 147 Å². The third-order valence-corrected chi connectivity index (χ3v) is 3.99. The van der Waals surface area contributed by atoms with Gasteiger partial charge in [0.1, 0.15) is 0 Å². The summed E-state index contributed by atoms with van der Waals surface area (Å²) in [7, 11) is 3.99. The van der Waals surface area contributed by atoms with E-state index in [0.29, 0.717) is 6.04 Å². The summed E-state index contributed by atoms with van der Waals surface area (Å²) >= 11 is 0. The van der Waals surface area contributed by atoms with E-state index < -0.39 is 0 Å². The monoisotopic (exact) mass is 408 g/mol. The van der Waals surface area contributed by atoms with Crippen LogP contribution in [0.3, 0.4) is 0 Å². The van der Waals surface area contributed by atoms with E-state index in [4.69, 9.17) is 0 Å². The van der Waals surface area contributed by atoms with Crippen LogP contribution in [0.2, 0.25) is 0 Å². The summed E-state index contributed by atoms with van der Waals surface area (Å²) in [5.41, 5.74) is 1.61. The highest BCUT2D eigenvalue weighted by atomic mass is 127. The molecule has 0 unspecified atom stereocenters. The first-order valence-corrected chi connectivity index (χ1v) is 7.96. The van der Waals surface area contributed by atoms with E-state index in [-0.39, 0.29) is 24.0 Å². The molecule has 0 atom stereocenters. The van der Waals surface area contributed by atoms with Gasteiger partial charge in [0.05, 0.1) is 0 Å². The molecule has 0 aliphatic heterocycles. The summed E-state index contributed by atoms with van der Waals surface area (Å²) in [5.74, 6) is 0.915. The van der Waals surface area contributed by atoms with E-state index in [1.807, 2.05) is 7.05 Å². The predicted octanol–water partition coefficient (Wildman–Crippen LogP) is 3.00. The Hall–Kier alpha value is -0.300. The van der Waals surface area contributed by atoms with Crippen molar-refractivity contribution in [3.63, 3.8) is 0 Å². The van der Waals surface area contributed by atoms with Crippen molar-refractivity contribution in [1.29, 1.82) is 0 Å². The average molecular weight is 408 g/mol. The Kier molecular flexibility index (Phi) is 12.1. The smallest absolute Gasteiger partial charge is 0.191 e. The van der Waals surface area contributed by atoms with Crippen molar-refractivity contribution < 1.29 is 0 Å². The Bertz CT molecular complexity index is 326. The molecule has 21 heavy (non-hydrogen) atoms. The van der Waals surface area contributed by atoms with Crippen molar-refractivity contribution in [3.8, 4) is 0 Å². The zero-order valence-electron chi connectivity index (χ0n) is 14.1. The van der Waals surface area contributed by atoms with E-state index in [1.54, 1.807) is 5.57 Å². The molecule has 2 N–H and O–H groups in total. The van der Waals surface area contributed by atoms with Crippen LogP contribution in [0, 0.1) is 0 Å². The SMILES string of the molecule is CN=C(NCCC1=CCCCC1)NCCN(C)C(C)C.I. The zero-order valence-corrected chi connectivity index (χ0v) is 16.4. The molecule has 4 nitrogen and oxygen atoms in total. The first-order valence-electron chi connectivity index (χ1n) is 7.96. The van der Waals surface area contributed by atoms with Crippen molar-refractivity contribution >= 4 is 29.9 Å².